The molecule has 1 atom stereocenters. The number of aryl methyl sites for hydroxylation is 2. The summed E-state index contributed by atoms with van der Waals surface area (Å²) >= 11 is 0. The van der Waals surface area contributed by atoms with Crippen LogP contribution in [0.2, 0.25) is 0 Å². The number of carbonyl (C=O) groups is 3. The van der Waals surface area contributed by atoms with Gasteiger partial charge in [-0.1, -0.05) is 19.1 Å². The Balaban J connectivity index is 2.50. The van der Waals surface area contributed by atoms with E-state index in [1.54, 1.807) is 13.8 Å². The van der Waals surface area contributed by atoms with Crippen LogP contribution in [-0.2, 0) is 9.59 Å². The average molecular weight is 260 g/mol. The van der Waals surface area contributed by atoms with Gasteiger partial charge in [0.1, 0.15) is 0 Å². The smallest absolute Gasteiger partial charge is 0.299 e. The van der Waals surface area contributed by atoms with Crippen molar-refractivity contribution in [2.24, 2.45) is 11.7 Å². The highest BCUT2D eigenvalue weighted by atomic mass is 16.2. The molecule has 1 aliphatic rings. The Labute approximate surface area is 111 Å². The molecule has 0 bridgehead atoms. The monoisotopic (exact) mass is 260 g/mol. The molecule has 0 fully saturated rings. The Morgan fingerprint density at radius 2 is 1.84 bits per heavy atom. The second-order valence-electron chi connectivity index (χ2n) is 4.97. The maximum atomic E-state index is 12.0. The summed E-state index contributed by atoms with van der Waals surface area (Å²) in [7, 11) is 0. The van der Waals surface area contributed by atoms with Crippen molar-refractivity contribution < 1.29 is 14.4 Å². The van der Waals surface area contributed by atoms with Crippen LogP contribution in [-0.4, -0.2) is 24.1 Å². The van der Waals surface area contributed by atoms with Gasteiger partial charge in [0.05, 0.1) is 17.2 Å². The number of benzene rings is 1. The number of hydrogen-bond donors (Lipinski definition) is 1. The van der Waals surface area contributed by atoms with Crippen LogP contribution < -0.4 is 10.6 Å². The van der Waals surface area contributed by atoms with Crippen LogP contribution in [0.15, 0.2) is 12.1 Å². The van der Waals surface area contributed by atoms with Crippen LogP contribution in [0.25, 0.3) is 0 Å². The first-order valence-electron chi connectivity index (χ1n) is 6.10. The van der Waals surface area contributed by atoms with Crippen molar-refractivity contribution >= 4 is 23.3 Å². The first-order chi connectivity index (χ1) is 8.84. The zero-order valence-electron chi connectivity index (χ0n) is 11.2. The Morgan fingerprint density at radius 3 is 2.42 bits per heavy atom. The largest absolute Gasteiger partial charge is 0.369 e. The topological polar surface area (TPSA) is 80.5 Å². The molecule has 1 aromatic carbocycles. The first-order valence-corrected chi connectivity index (χ1v) is 6.10. The van der Waals surface area contributed by atoms with Crippen LogP contribution in [0.4, 0.5) is 5.69 Å². The van der Waals surface area contributed by atoms with E-state index >= 15 is 0 Å². The van der Waals surface area contributed by atoms with E-state index in [4.69, 9.17) is 5.73 Å². The van der Waals surface area contributed by atoms with Gasteiger partial charge in [0.25, 0.3) is 11.7 Å². The first kappa shape index (κ1) is 13.3. The van der Waals surface area contributed by atoms with E-state index in [-0.39, 0.29) is 6.54 Å². The number of ketones is 1. The molecule has 0 spiro atoms. The van der Waals surface area contributed by atoms with Crippen LogP contribution in [0.5, 0.6) is 0 Å². The fourth-order valence-corrected chi connectivity index (χ4v) is 2.30. The van der Waals surface area contributed by atoms with Crippen molar-refractivity contribution in [2.75, 3.05) is 11.4 Å². The summed E-state index contributed by atoms with van der Waals surface area (Å²) in [4.78, 5) is 36.6. The fraction of sp³-hybridized carbons (Fsp3) is 0.357. The predicted molar refractivity (Wildman–Crippen MR) is 71.0 cm³/mol. The molecule has 5 nitrogen and oxygen atoms in total. The molecule has 100 valence electrons. The van der Waals surface area contributed by atoms with Crippen LogP contribution in [0.3, 0.4) is 0 Å². The van der Waals surface area contributed by atoms with E-state index in [0.29, 0.717) is 11.3 Å². The van der Waals surface area contributed by atoms with Crippen molar-refractivity contribution in [3.8, 4) is 0 Å². The predicted octanol–water partition coefficient (Wildman–Crippen LogP) is 0.954. The molecule has 1 aromatic rings. The standard InChI is InChI=1S/C14H16N2O3/c1-7-4-5-8(2)11-10(7)12(17)14(19)16(11)6-9(3)13(15)18/h4-5,9H,6H2,1-3H3,(H2,15,18). The maximum absolute atomic E-state index is 12.0. The van der Waals surface area contributed by atoms with E-state index in [9.17, 15) is 14.4 Å². The molecule has 1 heterocycles. The van der Waals surface area contributed by atoms with Gasteiger partial charge in [-0.3, -0.25) is 14.4 Å². The average Bonchev–Trinajstić information content (AvgIpc) is 2.60. The van der Waals surface area contributed by atoms with Gasteiger partial charge in [0.2, 0.25) is 5.91 Å². The third-order valence-electron chi connectivity index (χ3n) is 3.47. The van der Waals surface area contributed by atoms with E-state index in [2.05, 4.69) is 0 Å². The van der Waals surface area contributed by atoms with Gasteiger partial charge in [-0.15, -0.1) is 0 Å². The molecule has 5 heteroatoms. The van der Waals surface area contributed by atoms with Crippen LogP contribution >= 0.6 is 0 Å². The molecular weight excluding hydrogens is 244 g/mol. The molecule has 0 aliphatic carbocycles. The SMILES string of the molecule is Cc1ccc(C)c2c1C(=O)C(=O)N2CC(C)C(N)=O. The van der Waals surface area contributed by atoms with Gasteiger partial charge in [-0.05, 0) is 25.0 Å². The molecule has 19 heavy (non-hydrogen) atoms. The summed E-state index contributed by atoms with van der Waals surface area (Å²) < 4.78 is 0. The summed E-state index contributed by atoms with van der Waals surface area (Å²) in [5.74, 6) is -2.07. The highest BCUT2D eigenvalue weighted by molar-refractivity contribution is 6.52. The summed E-state index contributed by atoms with van der Waals surface area (Å²) in [6.07, 6.45) is 0. The van der Waals surface area contributed by atoms with Crippen LogP contribution in [0, 0.1) is 19.8 Å². The lowest BCUT2D eigenvalue weighted by atomic mass is 10.0. The second kappa shape index (κ2) is 4.50. The number of amides is 2. The van der Waals surface area contributed by atoms with Gasteiger partial charge in [-0.2, -0.15) is 0 Å². The number of primary amides is 1. The van der Waals surface area contributed by atoms with E-state index in [1.807, 2.05) is 19.1 Å². The van der Waals surface area contributed by atoms with Gasteiger partial charge >= 0.3 is 0 Å². The molecule has 1 aliphatic heterocycles. The van der Waals surface area contributed by atoms with Gasteiger partial charge < -0.3 is 10.6 Å². The van der Waals surface area contributed by atoms with E-state index in [1.165, 1.54) is 4.90 Å². The van der Waals surface area contributed by atoms with Gasteiger partial charge in [0, 0.05) is 6.54 Å². The van der Waals surface area contributed by atoms with Crippen molar-refractivity contribution in [1.82, 2.24) is 0 Å². The summed E-state index contributed by atoms with van der Waals surface area (Å²) in [5.41, 5.74) is 7.90. The normalized spacial score (nSPS) is 15.6. The lowest BCUT2D eigenvalue weighted by Gasteiger charge is -2.21. The Kier molecular flexibility index (Phi) is 3.14. The number of nitrogens with two attached hydrogens (primary N) is 1. The molecule has 0 radical (unpaired) electrons. The zero-order valence-corrected chi connectivity index (χ0v) is 11.2. The number of anilines is 1. The summed E-state index contributed by atoms with van der Waals surface area (Å²) in [6.45, 7) is 5.41. The molecular formula is C14H16N2O3. The molecule has 2 N–H and O–H groups in total. The van der Waals surface area contributed by atoms with E-state index < -0.39 is 23.5 Å². The lowest BCUT2D eigenvalue weighted by molar-refractivity contribution is -0.121. The summed E-state index contributed by atoms with van der Waals surface area (Å²) in [5, 5.41) is 0. The van der Waals surface area contributed by atoms with Gasteiger partial charge in [-0.25, -0.2) is 0 Å². The minimum Gasteiger partial charge on any atom is -0.369 e. The minimum atomic E-state index is -0.583. The van der Waals surface area contributed by atoms with Crippen LogP contribution in [0.1, 0.15) is 28.4 Å². The number of Topliss-reactive ketones (excluding diaryl/α,β-unsaturated/α-hetero) is 1. The van der Waals surface area contributed by atoms with Crippen molar-refractivity contribution in [2.45, 2.75) is 20.8 Å². The molecule has 1 unspecified atom stereocenters. The van der Waals surface area contributed by atoms with Crippen molar-refractivity contribution in [3.05, 3.63) is 28.8 Å². The minimum absolute atomic E-state index is 0.136. The third-order valence-corrected chi connectivity index (χ3v) is 3.47. The summed E-state index contributed by atoms with van der Waals surface area (Å²) in [6, 6.07) is 3.68. The molecule has 0 saturated heterocycles. The second-order valence-corrected chi connectivity index (χ2v) is 4.97. The quantitative estimate of drug-likeness (QED) is 0.822. The van der Waals surface area contributed by atoms with E-state index in [0.717, 1.165) is 11.1 Å². The molecule has 2 rings (SSSR count). The number of fused-ring (bicyclic) bond motifs is 1. The molecule has 2 amide bonds. The zero-order chi connectivity index (χ0) is 14.3. The number of hydrogen-bond acceptors (Lipinski definition) is 3. The number of nitrogens with zero attached hydrogens (tertiary/aromatic N) is 1. The maximum Gasteiger partial charge on any atom is 0.299 e. The van der Waals surface area contributed by atoms with Gasteiger partial charge in [0.15, 0.2) is 0 Å². The van der Waals surface area contributed by atoms with Crippen molar-refractivity contribution in [1.29, 1.82) is 0 Å². The number of carbonyl (C=O) groups excluding carboxylic acids is 3. The fourth-order valence-electron chi connectivity index (χ4n) is 2.30. The Hall–Kier alpha value is -2.17. The van der Waals surface area contributed by atoms with Crippen molar-refractivity contribution in [3.63, 3.8) is 0 Å². The Bertz CT molecular complexity index is 593. The number of rotatable bonds is 3. The highest BCUT2D eigenvalue weighted by Gasteiger charge is 2.39. The third kappa shape index (κ3) is 2.01. The molecule has 0 aromatic heterocycles. The lowest BCUT2D eigenvalue weighted by Crippen LogP contribution is -2.38. The Morgan fingerprint density at radius 1 is 1.26 bits per heavy atom. The highest BCUT2D eigenvalue weighted by Crippen LogP contribution is 2.34. The molecule has 0 saturated carbocycles.